The maximum absolute atomic E-state index is 12.2. The zero-order valence-electron chi connectivity index (χ0n) is 16.6. The summed E-state index contributed by atoms with van der Waals surface area (Å²) in [7, 11) is 0.586. The molecule has 1 fully saturated rings. The fraction of sp³-hybridized carbons (Fsp3) is 0.722. The Bertz CT molecular complexity index is 696. The Morgan fingerprint density at radius 2 is 2.26 bits per heavy atom. The van der Waals surface area contributed by atoms with Gasteiger partial charge < -0.3 is 19.5 Å². The number of hydrogen-bond donors (Lipinski definition) is 2. The highest BCUT2D eigenvalue weighted by atomic mass is 32.2. The maximum atomic E-state index is 12.2. The summed E-state index contributed by atoms with van der Waals surface area (Å²) in [6.07, 6.45) is 5.06. The first kappa shape index (κ1) is 21.7. The van der Waals surface area contributed by atoms with E-state index < -0.39 is 10.0 Å². The Kier molecular flexibility index (Phi) is 8.59. The summed E-state index contributed by atoms with van der Waals surface area (Å²) in [4.78, 5) is 6.47. The molecule has 0 aliphatic carbocycles. The third-order valence-electron chi connectivity index (χ3n) is 4.57. The Morgan fingerprint density at radius 1 is 1.44 bits per heavy atom. The van der Waals surface area contributed by atoms with E-state index in [-0.39, 0.29) is 18.4 Å². The van der Waals surface area contributed by atoms with Gasteiger partial charge in [-0.05, 0) is 38.3 Å². The van der Waals surface area contributed by atoms with E-state index in [9.17, 15) is 8.42 Å². The molecule has 1 aromatic rings. The monoisotopic (exact) mass is 399 g/mol. The normalized spacial score (nSPS) is 18.5. The van der Waals surface area contributed by atoms with E-state index in [1.807, 2.05) is 38.2 Å². The van der Waals surface area contributed by atoms with Crippen molar-refractivity contribution in [1.29, 1.82) is 0 Å². The summed E-state index contributed by atoms with van der Waals surface area (Å²) < 4.78 is 34.7. The summed E-state index contributed by atoms with van der Waals surface area (Å²) in [6, 6.07) is 4.06. The van der Waals surface area contributed by atoms with Crippen LogP contribution >= 0.6 is 0 Å². The van der Waals surface area contributed by atoms with Crippen LogP contribution in [-0.2, 0) is 28.4 Å². The molecule has 0 amide bonds. The zero-order chi connectivity index (χ0) is 19.7. The van der Waals surface area contributed by atoms with Crippen LogP contribution in [0.3, 0.4) is 0 Å². The van der Waals surface area contributed by atoms with E-state index in [1.165, 1.54) is 0 Å². The van der Waals surface area contributed by atoms with Crippen LogP contribution in [0.4, 0.5) is 0 Å². The van der Waals surface area contributed by atoms with Crippen LogP contribution < -0.4 is 10.0 Å². The topological polar surface area (TPSA) is 88.0 Å². The van der Waals surface area contributed by atoms with Gasteiger partial charge in [-0.15, -0.1) is 0 Å². The second-order valence-corrected chi connectivity index (χ2v) is 8.78. The van der Waals surface area contributed by atoms with E-state index >= 15 is 0 Å². The molecular formula is C18H33N5O3S. The Hall–Kier alpha value is -1.58. The van der Waals surface area contributed by atoms with Gasteiger partial charge in [0.1, 0.15) is 0 Å². The minimum atomic E-state index is -3.36. The predicted octanol–water partition coefficient (Wildman–Crippen LogP) is 0.911. The molecule has 2 heterocycles. The van der Waals surface area contributed by atoms with Crippen molar-refractivity contribution in [3.8, 4) is 0 Å². The van der Waals surface area contributed by atoms with Crippen LogP contribution in [0, 0.1) is 0 Å². The van der Waals surface area contributed by atoms with Gasteiger partial charge >= 0.3 is 0 Å². The van der Waals surface area contributed by atoms with Gasteiger partial charge in [-0.3, -0.25) is 4.99 Å². The lowest BCUT2D eigenvalue weighted by Crippen LogP contribution is -2.40. The number of hydrogen-bond acceptors (Lipinski definition) is 4. The Labute approximate surface area is 163 Å². The molecule has 0 aromatic carbocycles. The molecule has 0 radical (unpaired) electrons. The molecule has 1 aliphatic rings. The summed E-state index contributed by atoms with van der Waals surface area (Å²) in [5.74, 6) is 0.664. The molecule has 1 aromatic heterocycles. The van der Waals surface area contributed by atoms with Crippen molar-refractivity contribution in [3.05, 3.63) is 24.0 Å². The fourth-order valence-corrected chi connectivity index (χ4v) is 3.90. The highest BCUT2D eigenvalue weighted by molar-refractivity contribution is 7.89. The van der Waals surface area contributed by atoms with Crippen LogP contribution in [-0.4, -0.2) is 69.0 Å². The lowest BCUT2D eigenvalue weighted by Gasteiger charge is -2.23. The second kappa shape index (κ2) is 10.7. The summed E-state index contributed by atoms with van der Waals surface area (Å²) >= 11 is 0. The van der Waals surface area contributed by atoms with E-state index in [0.29, 0.717) is 19.0 Å². The number of ether oxygens (including phenoxy) is 1. The molecule has 9 heteroatoms. The molecule has 8 nitrogen and oxygen atoms in total. The fourth-order valence-electron chi connectivity index (χ4n) is 2.98. The third-order valence-corrected chi connectivity index (χ3v) is 5.90. The molecular weight excluding hydrogens is 366 g/mol. The first-order chi connectivity index (χ1) is 12.9. The minimum Gasteiger partial charge on any atom is -0.377 e. The largest absolute Gasteiger partial charge is 0.377 e. The molecule has 0 bridgehead atoms. The number of nitrogens with one attached hydrogen (secondary N) is 2. The lowest BCUT2D eigenvalue weighted by molar-refractivity contribution is 0.0200. The van der Waals surface area contributed by atoms with Gasteiger partial charge in [0, 0.05) is 45.7 Å². The molecule has 0 spiro atoms. The van der Waals surface area contributed by atoms with Gasteiger partial charge in [0.25, 0.3) is 0 Å². The molecule has 1 saturated heterocycles. The minimum absolute atomic E-state index is 0.00855. The van der Waals surface area contributed by atoms with Crippen molar-refractivity contribution in [2.75, 3.05) is 39.0 Å². The first-order valence-corrected chi connectivity index (χ1v) is 11.2. The number of guanidine groups is 1. The number of aromatic nitrogens is 1. The molecule has 0 saturated carbocycles. The number of rotatable bonds is 9. The van der Waals surface area contributed by atoms with Crippen molar-refractivity contribution in [1.82, 2.24) is 19.5 Å². The van der Waals surface area contributed by atoms with Crippen LogP contribution in [0.25, 0.3) is 0 Å². The Morgan fingerprint density at radius 3 is 2.89 bits per heavy atom. The summed E-state index contributed by atoms with van der Waals surface area (Å²) in [5, 5.41) is 3.22. The van der Waals surface area contributed by atoms with Crippen LogP contribution in [0.2, 0.25) is 0 Å². The van der Waals surface area contributed by atoms with Gasteiger partial charge in [-0.2, -0.15) is 0 Å². The van der Waals surface area contributed by atoms with Crippen molar-refractivity contribution in [2.24, 2.45) is 12.0 Å². The maximum Gasteiger partial charge on any atom is 0.213 e. The molecule has 1 atom stereocenters. The molecule has 2 rings (SSSR count). The highest BCUT2D eigenvalue weighted by Gasteiger charge is 2.17. The SMILES string of the molecule is CCNC(=NCCS(=O)(=O)NCC1CCCCO1)N(C)Cc1cccn1C. The molecule has 1 aliphatic heterocycles. The molecule has 1 unspecified atom stereocenters. The first-order valence-electron chi connectivity index (χ1n) is 9.60. The van der Waals surface area contributed by atoms with Gasteiger partial charge in [0.2, 0.25) is 10.0 Å². The predicted molar refractivity (Wildman–Crippen MR) is 108 cm³/mol. The number of aliphatic imine (C=N–C) groups is 1. The van der Waals surface area contributed by atoms with Gasteiger partial charge in [0.05, 0.1) is 24.9 Å². The second-order valence-electron chi connectivity index (χ2n) is 6.86. The van der Waals surface area contributed by atoms with Crippen molar-refractivity contribution < 1.29 is 13.2 Å². The summed E-state index contributed by atoms with van der Waals surface area (Å²) in [6.45, 7) is 4.68. The number of aryl methyl sites for hydroxylation is 1. The van der Waals surface area contributed by atoms with Crippen molar-refractivity contribution >= 4 is 16.0 Å². The molecule has 154 valence electrons. The molecule has 2 N–H and O–H groups in total. The van der Waals surface area contributed by atoms with E-state index in [0.717, 1.165) is 38.1 Å². The lowest BCUT2D eigenvalue weighted by atomic mass is 10.1. The van der Waals surface area contributed by atoms with Crippen LogP contribution in [0.15, 0.2) is 23.3 Å². The number of nitrogens with zero attached hydrogens (tertiary/aromatic N) is 3. The number of sulfonamides is 1. The van der Waals surface area contributed by atoms with Crippen molar-refractivity contribution in [2.45, 2.75) is 38.8 Å². The van der Waals surface area contributed by atoms with Gasteiger partial charge in [0.15, 0.2) is 5.96 Å². The van der Waals surface area contributed by atoms with E-state index in [4.69, 9.17) is 4.74 Å². The van der Waals surface area contributed by atoms with Crippen LogP contribution in [0.1, 0.15) is 31.9 Å². The quantitative estimate of drug-likeness (QED) is 0.476. The van der Waals surface area contributed by atoms with E-state index in [1.54, 1.807) is 0 Å². The van der Waals surface area contributed by atoms with E-state index in [2.05, 4.69) is 25.7 Å². The Balaban J connectivity index is 1.84. The van der Waals surface area contributed by atoms with Gasteiger partial charge in [-0.25, -0.2) is 13.1 Å². The van der Waals surface area contributed by atoms with Crippen LogP contribution in [0.5, 0.6) is 0 Å². The van der Waals surface area contributed by atoms with Gasteiger partial charge in [-0.1, -0.05) is 0 Å². The smallest absolute Gasteiger partial charge is 0.213 e. The standard InChI is InChI=1S/C18H33N5O3S/c1-4-19-18(23(3)15-16-8-7-11-22(16)2)20-10-13-27(24,25)21-14-17-9-5-6-12-26-17/h7-8,11,17,21H,4-6,9-10,12-15H2,1-3H3,(H,19,20). The summed E-state index contributed by atoms with van der Waals surface area (Å²) in [5.41, 5.74) is 1.16. The zero-order valence-corrected chi connectivity index (χ0v) is 17.5. The average molecular weight is 400 g/mol. The third kappa shape index (κ3) is 7.51. The molecule has 27 heavy (non-hydrogen) atoms. The highest BCUT2D eigenvalue weighted by Crippen LogP contribution is 2.11. The van der Waals surface area contributed by atoms with Crippen molar-refractivity contribution in [3.63, 3.8) is 0 Å². The average Bonchev–Trinajstić information content (AvgIpc) is 3.05.